The molecule has 7 heteroatoms. The van der Waals surface area contributed by atoms with E-state index in [1.54, 1.807) is 6.07 Å². The Morgan fingerprint density at radius 1 is 1.38 bits per heavy atom. The van der Waals surface area contributed by atoms with Gasteiger partial charge in [0, 0.05) is 6.20 Å². The zero-order chi connectivity index (χ0) is 15.5. The van der Waals surface area contributed by atoms with Gasteiger partial charge in [-0.1, -0.05) is 17.5 Å². The van der Waals surface area contributed by atoms with E-state index < -0.39 is 0 Å². The smallest absolute Gasteiger partial charge is 0.307 e. The minimum atomic E-state index is -0.296. The Hall–Kier alpha value is -1.81. The Labute approximate surface area is 128 Å². The van der Waals surface area contributed by atoms with Crippen molar-refractivity contribution in [3.05, 3.63) is 23.0 Å². The fourth-order valence-corrected chi connectivity index (χ4v) is 1.45. The number of halogens is 1. The van der Waals surface area contributed by atoms with Crippen molar-refractivity contribution < 1.29 is 19.0 Å². The monoisotopic (exact) mass is 312 g/mol. The van der Waals surface area contributed by atoms with Crippen LogP contribution in [0.2, 0.25) is 5.02 Å². The van der Waals surface area contributed by atoms with E-state index in [1.165, 1.54) is 13.3 Å². The van der Waals surface area contributed by atoms with Crippen LogP contribution in [-0.4, -0.2) is 44.5 Å². The van der Waals surface area contributed by atoms with E-state index in [-0.39, 0.29) is 19.0 Å². The Morgan fingerprint density at radius 2 is 2.14 bits per heavy atom. The highest BCUT2D eigenvalue weighted by Crippen LogP contribution is 2.13. The quantitative estimate of drug-likeness (QED) is 0.464. The Bertz CT molecular complexity index is 525. The molecule has 0 saturated heterocycles. The molecule has 0 unspecified atom stereocenters. The van der Waals surface area contributed by atoms with Crippen LogP contribution in [0, 0.1) is 11.8 Å². The summed E-state index contributed by atoms with van der Waals surface area (Å²) in [6.07, 6.45) is 1.72. The summed E-state index contributed by atoms with van der Waals surface area (Å²) in [5.74, 6) is 5.29. The van der Waals surface area contributed by atoms with E-state index in [1.807, 2.05) is 0 Å². The zero-order valence-electron chi connectivity index (χ0n) is 11.7. The van der Waals surface area contributed by atoms with Gasteiger partial charge in [-0.3, -0.25) is 4.79 Å². The molecular weight excluding hydrogens is 296 g/mol. The Balaban J connectivity index is 2.12. The van der Waals surface area contributed by atoms with Gasteiger partial charge in [0.05, 0.1) is 44.1 Å². The van der Waals surface area contributed by atoms with E-state index in [0.29, 0.717) is 36.2 Å². The van der Waals surface area contributed by atoms with Gasteiger partial charge in [-0.15, -0.1) is 0 Å². The number of nitrogens with two attached hydrogens (primary N) is 1. The van der Waals surface area contributed by atoms with Crippen LogP contribution < -0.4 is 5.73 Å². The predicted octanol–water partition coefficient (Wildman–Crippen LogP) is 1.26. The molecule has 0 saturated carbocycles. The van der Waals surface area contributed by atoms with Gasteiger partial charge in [0.25, 0.3) is 0 Å². The number of anilines is 1. The number of esters is 1. The van der Waals surface area contributed by atoms with Gasteiger partial charge in [0.2, 0.25) is 0 Å². The molecule has 0 spiro atoms. The number of rotatable bonds is 7. The van der Waals surface area contributed by atoms with Crippen molar-refractivity contribution in [3.63, 3.8) is 0 Å². The topological polar surface area (TPSA) is 83.7 Å². The molecule has 0 fully saturated rings. The van der Waals surface area contributed by atoms with Gasteiger partial charge in [-0.2, -0.15) is 0 Å². The van der Waals surface area contributed by atoms with Gasteiger partial charge in [-0.05, 0) is 12.0 Å². The standard InChI is InChI=1S/C14H17ClN2O4/c1-19-14(18)4-6-21-8-7-20-5-2-3-13-12(16)9-11(15)10-17-13/h9-10H,4-8,16H2,1H3. The number of pyridine rings is 1. The molecule has 1 aromatic heterocycles. The maximum Gasteiger partial charge on any atom is 0.307 e. The van der Waals surface area contributed by atoms with Crippen molar-refractivity contribution in [2.75, 3.05) is 39.3 Å². The van der Waals surface area contributed by atoms with Crippen LogP contribution >= 0.6 is 11.6 Å². The molecule has 1 heterocycles. The average Bonchev–Trinajstić information content (AvgIpc) is 2.47. The van der Waals surface area contributed by atoms with Gasteiger partial charge in [0.15, 0.2) is 0 Å². The first-order valence-electron chi connectivity index (χ1n) is 6.25. The van der Waals surface area contributed by atoms with Gasteiger partial charge in [-0.25, -0.2) is 4.98 Å². The maximum absolute atomic E-state index is 10.8. The third-order valence-electron chi connectivity index (χ3n) is 2.32. The minimum Gasteiger partial charge on any atom is -0.469 e. The Kier molecular flexibility index (Phi) is 8.21. The number of ether oxygens (including phenoxy) is 3. The van der Waals surface area contributed by atoms with Gasteiger partial charge >= 0.3 is 5.97 Å². The third-order valence-corrected chi connectivity index (χ3v) is 2.52. The summed E-state index contributed by atoms with van der Waals surface area (Å²) >= 11 is 5.73. The average molecular weight is 313 g/mol. The van der Waals surface area contributed by atoms with Crippen molar-refractivity contribution in [2.45, 2.75) is 6.42 Å². The largest absolute Gasteiger partial charge is 0.469 e. The molecule has 0 bridgehead atoms. The van der Waals surface area contributed by atoms with E-state index >= 15 is 0 Å². The molecule has 0 aliphatic heterocycles. The van der Waals surface area contributed by atoms with Crippen LogP contribution in [0.4, 0.5) is 5.69 Å². The lowest BCUT2D eigenvalue weighted by Gasteiger charge is -2.02. The SMILES string of the molecule is COC(=O)CCOCCOCC#Cc1ncc(Cl)cc1N. The summed E-state index contributed by atoms with van der Waals surface area (Å²) < 4.78 is 14.9. The molecule has 1 rings (SSSR count). The third kappa shape index (κ3) is 7.51. The number of hydrogen-bond acceptors (Lipinski definition) is 6. The van der Waals surface area contributed by atoms with E-state index in [9.17, 15) is 4.79 Å². The molecule has 0 aliphatic carbocycles. The number of hydrogen-bond donors (Lipinski definition) is 1. The Morgan fingerprint density at radius 3 is 2.86 bits per heavy atom. The molecule has 2 N–H and O–H groups in total. The van der Waals surface area contributed by atoms with Crippen molar-refractivity contribution in [2.24, 2.45) is 0 Å². The van der Waals surface area contributed by atoms with Crippen molar-refractivity contribution in [3.8, 4) is 11.8 Å². The normalized spacial score (nSPS) is 9.81. The molecule has 21 heavy (non-hydrogen) atoms. The van der Waals surface area contributed by atoms with Crippen LogP contribution in [0.25, 0.3) is 0 Å². The second-order valence-electron chi connectivity index (χ2n) is 3.88. The van der Waals surface area contributed by atoms with Crippen molar-refractivity contribution >= 4 is 23.3 Å². The van der Waals surface area contributed by atoms with E-state index in [4.69, 9.17) is 26.8 Å². The first kappa shape index (κ1) is 17.2. The summed E-state index contributed by atoms with van der Waals surface area (Å²) in [7, 11) is 1.34. The van der Waals surface area contributed by atoms with E-state index in [2.05, 4.69) is 21.6 Å². The summed E-state index contributed by atoms with van der Waals surface area (Å²) in [4.78, 5) is 14.8. The van der Waals surface area contributed by atoms with Crippen molar-refractivity contribution in [1.29, 1.82) is 0 Å². The van der Waals surface area contributed by atoms with Crippen LogP contribution in [0.5, 0.6) is 0 Å². The molecule has 6 nitrogen and oxygen atoms in total. The minimum absolute atomic E-state index is 0.234. The molecular formula is C14H17ClN2O4. The number of nitrogen functional groups attached to an aromatic ring is 1. The molecule has 1 aromatic rings. The summed E-state index contributed by atoms with van der Waals surface area (Å²) in [5.41, 5.74) is 6.61. The lowest BCUT2D eigenvalue weighted by atomic mass is 10.3. The predicted molar refractivity (Wildman–Crippen MR) is 78.8 cm³/mol. The lowest BCUT2D eigenvalue weighted by molar-refractivity contribution is -0.141. The second-order valence-corrected chi connectivity index (χ2v) is 4.32. The molecule has 0 radical (unpaired) electrons. The number of nitrogens with zero attached hydrogens (tertiary/aromatic N) is 1. The number of carbonyl (C=O) groups excluding carboxylic acids is 1. The van der Waals surface area contributed by atoms with Crippen molar-refractivity contribution in [1.82, 2.24) is 4.98 Å². The second kappa shape index (κ2) is 10.00. The molecule has 0 aliphatic rings. The van der Waals surface area contributed by atoms with Crippen LogP contribution in [0.1, 0.15) is 12.1 Å². The lowest BCUT2D eigenvalue weighted by Crippen LogP contribution is -2.09. The highest BCUT2D eigenvalue weighted by molar-refractivity contribution is 6.30. The number of methoxy groups -OCH3 is 1. The number of aromatic nitrogens is 1. The highest BCUT2D eigenvalue weighted by atomic mass is 35.5. The first-order valence-corrected chi connectivity index (χ1v) is 6.63. The van der Waals surface area contributed by atoms with Crippen LogP contribution in [0.3, 0.4) is 0 Å². The molecule has 0 aromatic carbocycles. The summed E-state index contributed by atoms with van der Waals surface area (Å²) in [5, 5.41) is 0.471. The fraction of sp³-hybridized carbons (Fsp3) is 0.429. The summed E-state index contributed by atoms with van der Waals surface area (Å²) in [6, 6.07) is 1.59. The molecule has 114 valence electrons. The number of carbonyl (C=O) groups is 1. The highest BCUT2D eigenvalue weighted by Gasteiger charge is 1.99. The summed E-state index contributed by atoms with van der Waals surface area (Å²) in [6.45, 7) is 1.33. The van der Waals surface area contributed by atoms with Crippen LogP contribution in [-0.2, 0) is 19.0 Å². The van der Waals surface area contributed by atoms with Gasteiger partial charge in [0.1, 0.15) is 12.3 Å². The first-order chi connectivity index (χ1) is 10.1. The fourth-order valence-electron chi connectivity index (χ4n) is 1.28. The van der Waals surface area contributed by atoms with E-state index in [0.717, 1.165) is 0 Å². The zero-order valence-corrected chi connectivity index (χ0v) is 12.5. The van der Waals surface area contributed by atoms with Crippen LogP contribution in [0.15, 0.2) is 12.3 Å². The molecule has 0 atom stereocenters. The maximum atomic E-state index is 10.8. The molecule has 0 amide bonds. The van der Waals surface area contributed by atoms with Gasteiger partial charge < -0.3 is 19.9 Å².